The van der Waals surface area contributed by atoms with Crippen LogP contribution in [0.2, 0.25) is 10.0 Å². The molecule has 1 atom stereocenters. The first kappa shape index (κ1) is 15.8. The zero-order valence-electron chi connectivity index (χ0n) is 11.9. The van der Waals surface area contributed by atoms with Gasteiger partial charge in [-0.2, -0.15) is 0 Å². The molecule has 0 aliphatic carbocycles. The van der Waals surface area contributed by atoms with E-state index in [2.05, 4.69) is 43.6 Å². The van der Waals surface area contributed by atoms with E-state index in [0.29, 0.717) is 10.0 Å². The minimum atomic E-state index is 0.112. The molecule has 0 amide bonds. The molecule has 1 unspecified atom stereocenters. The third-order valence-electron chi connectivity index (χ3n) is 3.47. The minimum absolute atomic E-state index is 0.112. The quantitative estimate of drug-likeness (QED) is 0.744. The van der Waals surface area contributed by atoms with Gasteiger partial charge in [-0.15, -0.1) is 11.3 Å². The van der Waals surface area contributed by atoms with Crippen LogP contribution in [-0.2, 0) is 5.41 Å². The Morgan fingerprint density at radius 2 is 2.00 bits per heavy atom. The number of nitrogens with one attached hydrogen (secondary N) is 1. The average molecular weight is 328 g/mol. The van der Waals surface area contributed by atoms with Crippen molar-refractivity contribution in [3.05, 3.63) is 56.2 Å². The molecule has 4 heteroatoms. The number of hydrogen-bond donors (Lipinski definition) is 1. The molecule has 20 heavy (non-hydrogen) atoms. The lowest BCUT2D eigenvalue weighted by Crippen LogP contribution is -2.33. The van der Waals surface area contributed by atoms with Crippen molar-refractivity contribution in [2.45, 2.75) is 32.2 Å². The van der Waals surface area contributed by atoms with E-state index in [4.69, 9.17) is 23.2 Å². The monoisotopic (exact) mass is 327 g/mol. The van der Waals surface area contributed by atoms with E-state index in [1.807, 2.05) is 12.1 Å². The number of hydrogen-bond acceptors (Lipinski definition) is 2. The van der Waals surface area contributed by atoms with Crippen LogP contribution in [0, 0.1) is 0 Å². The van der Waals surface area contributed by atoms with E-state index in [-0.39, 0.29) is 11.5 Å². The second kappa shape index (κ2) is 6.48. The lowest BCUT2D eigenvalue weighted by Gasteiger charge is -2.26. The standard InChI is InChI=1S/C16H19Cl2NS/c1-11(13-7-6-12(17)9-14(13)18)19-10-16(2,3)15-5-4-8-20-15/h4-9,11,19H,10H2,1-3H3. The lowest BCUT2D eigenvalue weighted by atomic mass is 9.91. The molecule has 108 valence electrons. The molecule has 1 aromatic carbocycles. The Morgan fingerprint density at radius 3 is 2.60 bits per heavy atom. The summed E-state index contributed by atoms with van der Waals surface area (Å²) in [4.78, 5) is 1.39. The molecule has 0 aliphatic rings. The van der Waals surface area contributed by atoms with Gasteiger partial charge >= 0.3 is 0 Å². The molecule has 2 aromatic rings. The SMILES string of the molecule is CC(NCC(C)(C)c1cccs1)c1ccc(Cl)cc1Cl. The summed E-state index contributed by atoms with van der Waals surface area (Å²) in [5.41, 5.74) is 1.19. The van der Waals surface area contributed by atoms with E-state index in [0.717, 1.165) is 12.1 Å². The molecule has 0 bridgehead atoms. The number of thiophene rings is 1. The first-order valence-corrected chi connectivity index (χ1v) is 8.26. The molecular formula is C16H19Cl2NS. The Balaban J connectivity index is 2.03. The van der Waals surface area contributed by atoms with Crippen LogP contribution in [0.15, 0.2) is 35.7 Å². The van der Waals surface area contributed by atoms with Gasteiger partial charge in [0, 0.05) is 32.9 Å². The second-order valence-electron chi connectivity index (χ2n) is 5.63. The van der Waals surface area contributed by atoms with Gasteiger partial charge in [-0.25, -0.2) is 0 Å². The van der Waals surface area contributed by atoms with Crippen LogP contribution in [0.3, 0.4) is 0 Å². The maximum Gasteiger partial charge on any atom is 0.0468 e. The Hall–Kier alpha value is -0.540. The fourth-order valence-corrected chi connectivity index (χ4v) is 3.55. The van der Waals surface area contributed by atoms with Crippen LogP contribution < -0.4 is 5.32 Å². The van der Waals surface area contributed by atoms with Crippen molar-refractivity contribution in [2.75, 3.05) is 6.54 Å². The summed E-state index contributed by atoms with van der Waals surface area (Å²) >= 11 is 14.0. The molecule has 1 heterocycles. The fourth-order valence-electron chi connectivity index (χ4n) is 2.12. The van der Waals surface area contributed by atoms with Crippen LogP contribution in [0.25, 0.3) is 0 Å². The Bertz CT molecular complexity index is 564. The fraction of sp³-hybridized carbons (Fsp3) is 0.375. The third-order valence-corrected chi connectivity index (χ3v) is 5.27. The smallest absolute Gasteiger partial charge is 0.0468 e. The van der Waals surface area contributed by atoms with Crippen molar-refractivity contribution in [1.82, 2.24) is 5.32 Å². The molecule has 0 saturated heterocycles. The van der Waals surface area contributed by atoms with Gasteiger partial charge in [0.25, 0.3) is 0 Å². The molecule has 1 aromatic heterocycles. The molecular weight excluding hydrogens is 309 g/mol. The molecule has 2 rings (SSSR count). The topological polar surface area (TPSA) is 12.0 Å². The molecule has 0 spiro atoms. The van der Waals surface area contributed by atoms with Crippen LogP contribution >= 0.6 is 34.5 Å². The average Bonchev–Trinajstić information content (AvgIpc) is 2.90. The number of halogens is 2. The zero-order chi connectivity index (χ0) is 14.8. The summed E-state index contributed by atoms with van der Waals surface area (Å²) in [6.07, 6.45) is 0. The lowest BCUT2D eigenvalue weighted by molar-refractivity contribution is 0.441. The number of rotatable bonds is 5. The van der Waals surface area contributed by atoms with E-state index in [1.54, 1.807) is 17.4 Å². The summed E-state index contributed by atoms with van der Waals surface area (Å²) in [5.74, 6) is 0. The molecule has 0 saturated carbocycles. The molecule has 0 radical (unpaired) electrons. The van der Waals surface area contributed by atoms with Crippen LogP contribution in [0.4, 0.5) is 0 Å². The molecule has 1 N–H and O–H groups in total. The van der Waals surface area contributed by atoms with Crippen molar-refractivity contribution in [1.29, 1.82) is 0 Å². The van der Waals surface area contributed by atoms with Gasteiger partial charge in [-0.1, -0.05) is 49.2 Å². The van der Waals surface area contributed by atoms with Gasteiger partial charge in [-0.05, 0) is 36.1 Å². The van der Waals surface area contributed by atoms with Gasteiger partial charge < -0.3 is 5.32 Å². The Morgan fingerprint density at radius 1 is 1.25 bits per heavy atom. The highest BCUT2D eigenvalue weighted by atomic mass is 35.5. The first-order valence-electron chi connectivity index (χ1n) is 6.62. The molecule has 0 fully saturated rings. The van der Waals surface area contributed by atoms with Gasteiger partial charge in [-0.3, -0.25) is 0 Å². The predicted octanol–water partition coefficient (Wildman–Crippen LogP) is 5.68. The molecule has 0 aliphatic heterocycles. The zero-order valence-corrected chi connectivity index (χ0v) is 14.2. The highest BCUT2D eigenvalue weighted by Gasteiger charge is 2.22. The van der Waals surface area contributed by atoms with E-state index >= 15 is 0 Å². The van der Waals surface area contributed by atoms with Gasteiger partial charge in [0.1, 0.15) is 0 Å². The predicted molar refractivity (Wildman–Crippen MR) is 90.2 cm³/mol. The Kier molecular flexibility index (Phi) is 5.14. The summed E-state index contributed by atoms with van der Waals surface area (Å²) < 4.78 is 0. The Labute approximate surface area is 134 Å². The van der Waals surface area contributed by atoms with Gasteiger partial charge in [0.15, 0.2) is 0 Å². The van der Waals surface area contributed by atoms with Crippen molar-refractivity contribution < 1.29 is 0 Å². The summed E-state index contributed by atoms with van der Waals surface area (Å²) in [7, 11) is 0. The maximum atomic E-state index is 6.25. The van der Waals surface area contributed by atoms with Crippen LogP contribution in [-0.4, -0.2) is 6.54 Å². The van der Waals surface area contributed by atoms with Crippen LogP contribution in [0.1, 0.15) is 37.3 Å². The van der Waals surface area contributed by atoms with Crippen molar-refractivity contribution >= 4 is 34.5 Å². The summed E-state index contributed by atoms with van der Waals surface area (Å²) in [6, 6.07) is 10.1. The normalized spacial score (nSPS) is 13.4. The van der Waals surface area contributed by atoms with Crippen molar-refractivity contribution in [3.8, 4) is 0 Å². The highest BCUT2D eigenvalue weighted by molar-refractivity contribution is 7.10. The summed E-state index contributed by atoms with van der Waals surface area (Å²) in [5, 5.41) is 7.07. The van der Waals surface area contributed by atoms with E-state index in [9.17, 15) is 0 Å². The van der Waals surface area contributed by atoms with E-state index in [1.165, 1.54) is 4.88 Å². The van der Waals surface area contributed by atoms with Crippen molar-refractivity contribution in [2.24, 2.45) is 0 Å². The van der Waals surface area contributed by atoms with Gasteiger partial charge in [0.2, 0.25) is 0 Å². The van der Waals surface area contributed by atoms with Gasteiger partial charge in [0.05, 0.1) is 0 Å². The third kappa shape index (κ3) is 3.76. The van der Waals surface area contributed by atoms with Crippen molar-refractivity contribution in [3.63, 3.8) is 0 Å². The minimum Gasteiger partial charge on any atom is -0.309 e. The highest BCUT2D eigenvalue weighted by Crippen LogP contribution is 2.29. The second-order valence-corrected chi connectivity index (χ2v) is 7.42. The number of benzene rings is 1. The van der Waals surface area contributed by atoms with Crippen LogP contribution in [0.5, 0.6) is 0 Å². The first-order chi connectivity index (χ1) is 9.40. The largest absolute Gasteiger partial charge is 0.309 e. The summed E-state index contributed by atoms with van der Waals surface area (Å²) in [6.45, 7) is 7.53. The van der Waals surface area contributed by atoms with E-state index < -0.39 is 0 Å². The molecule has 1 nitrogen and oxygen atoms in total. The maximum absolute atomic E-state index is 6.25.